The first kappa shape index (κ1) is 112. The molecule has 8 aromatic rings. The molecule has 4 aliphatic heterocycles. The summed E-state index contributed by atoms with van der Waals surface area (Å²) >= 11 is 0. The summed E-state index contributed by atoms with van der Waals surface area (Å²) in [5.74, 6) is 0.169. The minimum absolute atomic E-state index is 0.0300. The van der Waals surface area contributed by atoms with Crippen LogP contribution in [-0.2, 0) is 71.3 Å². The molecule has 4 aliphatic rings. The summed E-state index contributed by atoms with van der Waals surface area (Å²) in [5, 5.41) is 18.4. The highest BCUT2D eigenvalue weighted by Gasteiger charge is 2.36. The normalized spacial score (nSPS) is 15.4. The molecular formula is C118H166N14O8. The van der Waals surface area contributed by atoms with Crippen LogP contribution in [0.3, 0.4) is 0 Å². The van der Waals surface area contributed by atoms with Gasteiger partial charge in [0.2, 0.25) is 11.8 Å². The fourth-order valence-corrected chi connectivity index (χ4v) is 19.8. The number of allylic oxidation sites excluding steroid dienone is 1. The number of ketones is 2. The van der Waals surface area contributed by atoms with Gasteiger partial charge in [-0.25, -0.2) is 19.2 Å². The van der Waals surface area contributed by atoms with Gasteiger partial charge in [-0.3, -0.25) is 19.2 Å². The lowest BCUT2D eigenvalue weighted by Crippen LogP contribution is -2.50. The number of hydrogen-bond acceptors (Lipinski definition) is 12. The van der Waals surface area contributed by atoms with E-state index in [-0.39, 0.29) is 65.9 Å². The van der Waals surface area contributed by atoms with E-state index in [1.165, 1.54) is 63.5 Å². The lowest BCUT2D eigenvalue weighted by molar-refractivity contribution is -0.121. The topological polar surface area (TPSA) is 235 Å². The number of aryl methyl sites for hydroxylation is 6. The Hall–Kier alpha value is -11.6. The Morgan fingerprint density at radius 3 is 0.907 bits per heavy atom. The number of urea groups is 4. The van der Waals surface area contributed by atoms with Gasteiger partial charge in [0, 0.05) is 188 Å². The predicted molar refractivity (Wildman–Crippen MR) is 576 cm³/mol. The average Bonchev–Trinajstić information content (AvgIpc) is 0.819. The fourth-order valence-electron chi connectivity index (χ4n) is 19.8. The van der Waals surface area contributed by atoms with Crippen molar-refractivity contribution < 1.29 is 38.4 Å². The van der Waals surface area contributed by atoms with Gasteiger partial charge < -0.3 is 71.1 Å². The van der Waals surface area contributed by atoms with Crippen LogP contribution in [0.15, 0.2) is 219 Å². The van der Waals surface area contributed by atoms with E-state index in [9.17, 15) is 38.4 Å². The maximum atomic E-state index is 13.6. The number of likely N-dealkylation sites (tertiary alicyclic amines) is 4. The van der Waals surface area contributed by atoms with Gasteiger partial charge in [0.1, 0.15) is 5.78 Å². The molecular weight excluding hydrogens is 1740 g/mol. The van der Waals surface area contributed by atoms with Gasteiger partial charge >= 0.3 is 24.1 Å². The molecule has 4 heterocycles. The van der Waals surface area contributed by atoms with Crippen LogP contribution in [0.5, 0.6) is 0 Å². The molecule has 0 saturated carbocycles. The maximum absolute atomic E-state index is 13.6. The zero-order chi connectivity index (χ0) is 101. The molecule has 22 nitrogen and oxygen atoms in total. The standard InChI is InChI=1S/C30H43N3O2.C30H41N3O2.C29H42N4O2.C29H40N4O2/c2*1-5-9-24(4)32-18-16-28(17-19-32)33(30(35)31-27-13-7-10-23(3)20-27)22-26-12-8-11-25(21-26)14-15-29(34)6-2;2*1-5-10-23(4)32-17-15-27(16-18-32)33(29(35)31-26-14-9-11-22(3)19-26)21-25-13-8-7-12-24(25)20-30-28(34)6-2/h7-8,10-13,20-21,24,28H,5-6,9,14-19,22H2,1-4H3,(H,31,35);6-8,10-13,20-21,24,28H,2,5,9,14-19,22H2,1,3-4H3,(H,31,35);7-9,11-14,19,23,27H,5-6,10,15-18,20-21H2,1-4H3,(H,30,34)(H,31,35);6-9,11-14,19,23,27H,2,5,10,15-18,20-21H2,1,3-4H3,(H,30,34)(H,31,35). The van der Waals surface area contributed by atoms with Gasteiger partial charge in [0.05, 0.1) is 0 Å². The van der Waals surface area contributed by atoms with Crippen molar-refractivity contribution >= 4 is 70.3 Å². The van der Waals surface area contributed by atoms with Gasteiger partial charge in [0.15, 0.2) is 5.78 Å². The number of carbonyl (C=O) groups is 8. The monoisotopic (exact) mass is 1910 g/mol. The molecule has 6 N–H and O–H groups in total. The number of nitrogens with one attached hydrogen (secondary N) is 6. The third kappa shape index (κ3) is 37.5. The number of hydrogen-bond donors (Lipinski definition) is 6. The van der Waals surface area contributed by atoms with Crippen molar-refractivity contribution in [2.45, 2.75) is 326 Å². The second kappa shape index (κ2) is 59.9. The molecule has 4 unspecified atom stereocenters. The Balaban J connectivity index is 0.000000209. The molecule has 756 valence electrons. The molecule has 0 aliphatic carbocycles. The number of piperidine rings is 4. The van der Waals surface area contributed by atoms with Crippen molar-refractivity contribution in [3.8, 4) is 0 Å². The molecule has 4 fully saturated rings. The van der Waals surface area contributed by atoms with Gasteiger partial charge in [-0.05, 0) is 273 Å². The predicted octanol–water partition coefficient (Wildman–Crippen LogP) is 24.2. The van der Waals surface area contributed by atoms with Gasteiger partial charge in [0.25, 0.3) is 0 Å². The lowest BCUT2D eigenvalue weighted by Gasteiger charge is -2.41. The van der Waals surface area contributed by atoms with Crippen LogP contribution in [0.25, 0.3) is 0 Å². The van der Waals surface area contributed by atoms with E-state index in [0.717, 1.165) is 200 Å². The Bertz CT molecular complexity index is 5200. The average molecular weight is 1910 g/mol. The molecule has 12 rings (SSSR count). The lowest BCUT2D eigenvalue weighted by atomic mass is 9.99. The Morgan fingerprint density at radius 1 is 0.336 bits per heavy atom. The highest BCUT2D eigenvalue weighted by molar-refractivity contribution is 5.93. The van der Waals surface area contributed by atoms with Crippen LogP contribution in [0.4, 0.5) is 41.9 Å². The summed E-state index contributed by atoms with van der Waals surface area (Å²) in [6, 6.07) is 67.3. The summed E-state index contributed by atoms with van der Waals surface area (Å²) in [7, 11) is 0. The molecule has 0 spiro atoms. The zero-order valence-electron chi connectivity index (χ0n) is 87.0. The quantitative estimate of drug-likeness (QED) is 0.0196. The van der Waals surface area contributed by atoms with Gasteiger partial charge in [-0.2, -0.15) is 0 Å². The molecule has 0 radical (unpaired) electrons. The van der Waals surface area contributed by atoms with E-state index in [1.54, 1.807) is 0 Å². The highest BCUT2D eigenvalue weighted by Crippen LogP contribution is 2.32. The van der Waals surface area contributed by atoms with Gasteiger partial charge in [-0.15, -0.1) is 0 Å². The number of rotatable bonds is 42. The zero-order valence-corrected chi connectivity index (χ0v) is 87.0. The van der Waals surface area contributed by atoms with E-state index >= 15 is 0 Å². The van der Waals surface area contributed by atoms with Gasteiger partial charge in [-0.1, -0.05) is 226 Å². The smallest absolute Gasteiger partial charge is 0.322 e. The molecule has 22 heteroatoms. The molecule has 140 heavy (non-hydrogen) atoms. The van der Waals surface area contributed by atoms with Crippen molar-refractivity contribution in [3.05, 3.63) is 286 Å². The number of benzene rings is 8. The van der Waals surface area contributed by atoms with E-state index in [1.807, 2.05) is 219 Å². The van der Waals surface area contributed by atoms with Crippen LogP contribution in [0, 0.1) is 27.7 Å². The Morgan fingerprint density at radius 2 is 0.621 bits per heavy atom. The van der Waals surface area contributed by atoms with Crippen molar-refractivity contribution in [1.82, 2.24) is 49.8 Å². The maximum Gasteiger partial charge on any atom is 0.322 e. The van der Waals surface area contributed by atoms with Crippen LogP contribution < -0.4 is 31.9 Å². The summed E-state index contributed by atoms with van der Waals surface area (Å²) in [4.78, 5) is 120. The largest absolute Gasteiger partial charge is 0.352 e. The highest BCUT2D eigenvalue weighted by atomic mass is 16.2. The van der Waals surface area contributed by atoms with Crippen LogP contribution >= 0.6 is 0 Å². The second-order valence-electron chi connectivity index (χ2n) is 39.1. The van der Waals surface area contributed by atoms with E-state index in [2.05, 4.69) is 156 Å². The van der Waals surface area contributed by atoms with Crippen LogP contribution in [0.2, 0.25) is 0 Å². The van der Waals surface area contributed by atoms with Crippen LogP contribution in [0.1, 0.15) is 264 Å². The van der Waals surface area contributed by atoms with E-state index in [0.29, 0.717) is 101 Å². The molecule has 0 aromatic heterocycles. The van der Waals surface area contributed by atoms with E-state index < -0.39 is 0 Å². The van der Waals surface area contributed by atoms with Crippen molar-refractivity contribution in [2.24, 2.45) is 0 Å². The number of carbonyl (C=O) groups excluding carboxylic acids is 8. The van der Waals surface area contributed by atoms with Crippen LogP contribution in [-0.4, -0.2) is 187 Å². The van der Waals surface area contributed by atoms with Crippen molar-refractivity contribution in [1.29, 1.82) is 0 Å². The first-order chi connectivity index (χ1) is 67.6. The Labute approximate surface area is 839 Å². The molecule has 10 amide bonds. The van der Waals surface area contributed by atoms with Crippen molar-refractivity contribution in [3.63, 3.8) is 0 Å². The first-order valence-electron chi connectivity index (χ1n) is 52.3. The SMILES string of the molecule is C=CC(=O)CCc1cccc(CN(C(=O)Nc2cccc(C)c2)C2CCN(C(C)CCC)CC2)c1.C=CC(=O)NCc1ccccc1CN(C(=O)Nc1cccc(C)c1)C1CCN(C(C)CCC)CC1.CCCC(C)N1CCC(N(Cc2cccc(CCC(=O)CC)c2)C(=O)Nc2cccc(C)c2)CC1.CCCC(C)N1CCC(N(Cc2ccccc2CNC(=O)CC)C(=O)Nc2cccc(C)c2)CC1. The van der Waals surface area contributed by atoms with Crippen molar-refractivity contribution in [2.75, 3.05) is 73.6 Å². The number of amides is 10. The second-order valence-corrected chi connectivity index (χ2v) is 39.1. The number of nitrogens with zero attached hydrogens (tertiary/aromatic N) is 8. The summed E-state index contributed by atoms with van der Waals surface area (Å²) in [6.45, 7) is 48.3. The minimum atomic E-state index is -0.206. The summed E-state index contributed by atoms with van der Waals surface area (Å²) < 4.78 is 0. The molecule has 4 atom stereocenters. The molecule has 4 saturated heterocycles. The Kier molecular flexibility index (Phi) is 47.9. The third-order valence-electron chi connectivity index (χ3n) is 28.2. The third-order valence-corrected chi connectivity index (χ3v) is 28.2. The minimum Gasteiger partial charge on any atom is -0.352 e. The molecule has 8 aromatic carbocycles. The summed E-state index contributed by atoms with van der Waals surface area (Å²) in [5.41, 5.74) is 16.4. The number of anilines is 4. The number of Topliss-reactive ketones (excluding diaryl/α,β-unsaturated/α-hetero) is 1. The summed E-state index contributed by atoms with van der Waals surface area (Å²) in [6.07, 6.45) is 23.5. The van der Waals surface area contributed by atoms with E-state index in [4.69, 9.17) is 0 Å². The fraction of sp³-hybridized carbons (Fsp3) is 0.492. The first-order valence-corrected chi connectivity index (χ1v) is 52.3. The molecule has 0 bridgehead atoms.